The van der Waals surface area contributed by atoms with Crippen molar-refractivity contribution in [3.8, 4) is 0 Å². The highest BCUT2D eigenvalue weighted by molar-refractivity contribution is 7.90. The lowest BCUT2D eigenvalue weighted by Gasteiger charge is -2.16. The zero-order valence-electron chi connectivity index (χ0n) is 21.4. The van der Waals surface area contributed by atoms with Crippen LogP contribution in [-0.4, -0.2) is 14.4 Å². The summed E-state index contributed by atoms with van der Waals surface area (Å²) in [4.78, 5) is 12.6. The predicted molar refractivity (Wildman–Crippen MR) is 143 cm³/mol. The summed E-state index contributed by atoms with van der Waals surface area (Å²) in [5, 5.41) is 5.47. The summed E-state index contributed by atoms with van der Waals surface area (Å²) in [6.45, 7) is 7.82. The fraction of sp³-hybridized carbons (Fsp3) is 0.345. The van der Waals surface area contributed by atoms with Gasteiger partial charge in [-0.15, -0.1) is 0 Å². The first-order valence-electron chi connectivity index (χ1n) is 12.4. The van der Waals surface area contributed by atoms with E-state index >= 15 is 0 Å². The molecule has 3 rings (SSSR count). The van der Waals surface area contributed by atoms with E-state index in [1.54, 1.807) is 26.0 Å². The highest BCUT2D eigenvalue weighted by atomic mass is 32.2. The molecule has 0 bridgehead atoms. The number of hydrogen-bond donors (Lipinski definition) is 2. The third-order valence-corrected chi connectivity index (χ3v) is 7.90. The third-order valence-electron chi connectivity index (χ3n) is 6.19. The van der Waals surface area contributed by atoms with E-state index in [1.165, 1.54) is 35.4 Å². The smallest absolute Gasteiger partial charge is 0.319 e. The van der Waals surface area contributed by atoms with Gasteiger partial charge in [-0.05, 0) is 97.3 Å². The Bertz CT molecular complexity index is 1280. The number of hydrogen-bond acceptors (Lipinski definition) is 3. The fourth-order valence-corrected chi connectivity index (χ4v) is 5.56. The molecule has 3 aromatic rings. The molecule has 0 aliphatic carbocycles. The Morgan fingerprint density at radius 3 is 2.33 bits per heavy atom. The monoisotopic (exact) mass is 510 g/mol. The number of carbonyl (C=O) groups excluding carboxylic acids is 1. The van der Waals surface area contributed by atoms with Gasteiger partial charge in [-0.1, -0.05) is 44.5 Å². The van der Waals surface area contributed by atoms with Gasteiger partial charge in [-0.25, -0.2) is 17.6 Å². The highest BCUT2D eigenvalue weighted by Crippen LogP contribution is 2.22. The van der Waals surface area contributed by atoms with Crippen molar-refractivity contribution in [2.45, 2.75) is 70.1 Å². The maximum Gasteiger partial charge on any atom is 0.319 e. The van der Waals surface area contributed by atoms with Gasteiger partial charge in [0.15, 0.2) is 9.84 Å². The van der Waals surface area contributed by atoms with Crippen molar-refractivity contribution in [1.82, 2.24) is 5.32 Å². The largest absolute Gasteiger partial charge is 0.331 e. The first-order valence-corrected chi connectivity index (χ1v) is 14.0. The van der Waals surface area contributed by atoms with Gasteiger partial charge < -0.3 is 10.6 Å². The SMILES string of the molecule is CCCCc1cc(CS(=O)(=O)c2ccc(NC(=O)NC(C)c3cc(C)cc(F)c3)cc2)ccc1CC. The number of halogens is 1. The molecule has 0 spiro atoms. The van der Waals surface area contributed by atoms with Gasteiger partial charge in [0.25, 0.3) is 0 Å². The van der Waals surface area contributed by atoms with E-state index in [4.69, 9.17) is 0 Å². The Balaban J connectivity index is 1.65. The Labute approximate surface area is 214 Å². The lowest BCUT2D eigenvalue weighted by Crippen LogP contribution is -2.31. The third kappa shape index (κ3) is 7.40. The molecule has 7 heteroatoms. The molecule has 0 radical (unpaired) electrons. The quantitative estimate of drug-likeness (QED) is 0.312. The Kier molecular flexibility index (Phi) is 9.26. The van der Waals surface area contributed by atoms with Crippen molar-refractivity contribution in [1.29, 1.82) is 0 Å². The van der Waals surface area contributed by atoms with Gasteiger partial charge >= 0.3 is 6.03 Å². The van der Waals surface area contributed by atoms with Crippen LogP contribution in [0.25, 0.3) is 0 Å². The Morgan fingerprint density at radius 1 is 0.972 bits per heavy atom. The van der Waals surface area contributed by atoms with Gasteiger partial charge in [-0.3, -0.25) is 0 Å². The number of unbranched alkanes of at least 4 members (excludes halogenated alkanes) is 1. The summed E-state index contributed by atoms with van der Waals surface area (Å²) < 4.78 is 39.8. The standard InChI is InChI=1S/C29H35FN2O3S/c1-5-7-8-24-17-22(9-10-23(24)6-2)19-36(34,35)28-13-11-27(12-14-28)32-29(33)31-21(4)25-15-20(3)16-26(30)18-25/h9-18,21H,5-8,19H2,1-4H3,(H2,31,32,33). The summed E-state index contributed by atoms with van der Waals surface area (Å²) in [5.74, 6) is -0.428. The van der Waals surface area contributed by atoms with E-state index in [2.05, 4.69) is 24.5 Å². The zero-order valence-corrected chi connectivity index (χ0v) is 22.2. The molecule has 0 heterocycles. The van der Waals surface area contributed by atoms with E-state index in [0.717, 1.165) is 36.8 Å². The van der Waals surface area contributed by atoms with E-state index in [0.29, 0.717) is 11.3 Å². The van der Waals surface area contributed by atoms with Crippen LogP contribution < -0.4 is 10.6 Å². The van der Waals surface area contributed by atoms with Crippen LogP contribution in [0.5, 0.6) is 0 Å². The molecule has 0 aliphatic rings. The number of amides is 2. The summed E-state index contributed by atoms with van der Waals surface area (Å²) in [6, 6.07) is 15.9. The molecule has 1 atom stereocenters. The van der Waals surface area contributed by atoms with Gasteiger partial charge in [-0.2, -0.15) is 0 Å². The van der Waals surface area contributed by atoms with E-state index < -0.39 is 21.9 Å². The van der Waals surface area contributed by atoms with Crippen LogP contribution >= 0.6 is 0 Å². The van der Waals surface area contributed by atoms with Crippen LogP contribution in [0.2, 0.25) is 0 Å². The second kappa shape index (κ2) is 12.2. The first kappa shape index (κ1) is 27.4. The summed E-state index contributed by atoms with van der Waals surface area (Å²) in [6.07, 6.45) is 4.04. The average Bonchev–Trinajstić information content (AvgIpc) is 2.82. The summed E-state index contributed by atoms with van der Waals surface area (Å²) in [5.41, 5.74) is 5.16. The van der Waals surface area contributed by atoms with Crippen LogP contribution in [0.4, 0.5) is 14.9 Å². The van der Waals surface area contributed by atoms with Crippen LogP contribution in [0.3, 0.4) is 0 Å². The van der Waals surface area contributed by atoms with Gasteiger partial charge in [0.1, 0.15) is 5.82 Å². The van der Waals surface area contributed by atoms with Crippen LogP contribution in [0, 0.1) is 12.7 Å². The molecule has 36 heavy (non-hydrogen) atoms. The minimum absolute atomic E-state index is 0.0754. The maximum atomic E-state index is 13.7. The number of benzene rings is 3. The minimum Gasteiger partial charge on any atom is -0.331 e. The number of sulfone groups is 1. The molecule has 0 fully saturated rings. The van der Waals surface area contributed by atoms with Crippen molar-refractivity contribution < 1.29 is 17.6 Å². The van der Waals surface area contributed by atoms with E-state index in [-0.39, 0.29) is 16.5 Å². The molecule has 0 saturated heterocycles. The molecule has 2 amide bonds. The maximum absolute atomic E-state index is 13.7. The summed E-state index contributed by atoms with van der Waals surface area (Å²) in [7, 11) is -3.54. The fourth-order valence-electron chi connectivity index (χ4n) is 4.22. The van der Waals surface area contributed by atoms with Gasteiger partial charge in [0.05, 0.1) is 16.7 Å². The summed E-state index contributed by atoms with van der Waals surface area (Å²) >= 11 is 0. The molecule has 2 N–H and O–H groups in total. The molecule has 0 aromatic heterocycles. The molecule has 3 aromatic carbocycles. The van der Waals surface area contributed by atoms with Crippen molar-refractivity contribution in [3.63, 3.8) is 0 Å². The molecule has 192 valence electrons. The normalized spacial score (nSPS) is 12.2. The number of urea groups is 1. The Hall–Kier alpha value is -3.19. The zero-order chi connectivity index (χ0) is 26.3. The second-order valence-electron chi connectivity index (χ2n) is 9.23. The molecular weight excluding hydrogens is 475 g/mol. The van der Waals surface area contributed by atoms with Gasteiger partial charge in [0, 0.05) is 5.69 Å². The van der Waals surface area contributed by atoms with Crippen molar-refractivity contribution in [3.05, 3.63) is 94.3 Å². The molecule has 5 nitrogen and oxygen atoms in total. The molecule has 1 unspecified atom stereocenters. The van der Waals surface area contributed by atoms with Crippen LogP contribution in [-0.2, 0) is 28.4 Å². The number of rotatable bonds is 10. The predicted octanol–water partition coefficient (Wildman–Crippen LogP) is 6.90. The van der Waals surface area contributed by atoms with Gasteiger partial charge in [0.2, 0.25) is 0 Å². The average molecular weight is 511 g/mol. The first-order chi connectivity index (χ1) is 17.1. The van der Waals surface area contributed by atoms with E-state index in [9.17, 15) is 17.6 Å². The van der Waals surface area contributed by atoms with Crippen LogP contribution in [0.15, 0.2) is 65.6 Å². The minimum atomic E-state index is -3.54. The Morgan fingerprint density at radius 2 is 1.69 bits per heavy atom. The highest BCUT2D eigenvalue weighted by Gasteiger charge is 2.17. The van der Waals surface area contributed by atoms with Crippen molar-refractivity contribution in [2.75, 3.05) is 5.32 Å². The van der Waals surface area contributed by atoms with Crippen LogP contribution in [0.1, 0.15) is 67.5 Å². The second-order valence-corrected chi connectivity index (χ2v) is 11.2. The lowest BCUT2D eigenvalue weighted by atomic mass is 9.98. The number of carbonyl (C=O) groups is 1. The van der Waals surface area contributed by atoms with Crippen molar-refractivity contribution in [2.24, 2.45) is 0 Å². The van der Waals surface area contributed by atoms with Crippen molar-refractivity contribution >= 4 is 21.6 Å². The number of anilines is 1. The number of aryl methyl sites for hydroxylation is 3. The molecule has 0 aliphatic heterocycles. The lowest BCUT2D eigenvalue weighted by molar-refractivity contribution is 0.249. The topological polar surface area (TPSA) is 75.3 Å². The molecule has 0 saturated carbocycles. The molecular formula is C29H35FN2O3S. The van der Waals surface area contributed by atoms with E-state index in [1.807, 2.05) is 24.3 Å². The number of nitrogens with one attached hydrogen (secondary N) is 2.